The second-order valence-corrected chi connectivity index (χ2v) is 32.1. The molecule has 4 atom stereocenters. The molecule has 0 spiro atoms. The lowest BCUT2D eigenvalue weighted by molar-refractivity contribution is -0.384. The predicted molar refractivity (Wildman–Crippen MR) is 504 cm³/mol. The Bertz CT molecular complexity index is 5840. The first-order valence-corrected chi connectivity index (χ1v) is 44.3. The summed E-state index contributed by atoms with van der Waals surface area (Å²) in [6.45, 7) is 4.73. The Kier molecular flexibility index (Phi) is 33.1. The average molecular weight is 1820 g/mol. The number of amides is 3. The molecule has 4 aliphatic rings. The molecule has 0 saturated heterocycles. The number of non-ortho nitro benzene ring substituents is 1. The second-order valence-electron chi connectivity index (χ2n) is 30.8. The molecule has 12 aromatic carbocycles. The van der Waals surface area contributed by atoms with E-state index >= 15 is 0 Å². The number of hydrogen-bond donors (Lipinski definition) is 0. The summed E-state index contributed by atoms with van der Waals surface area (Å²) in [5.41, 5.74) is 11.3. The Hall–Kier alpha value is -14.0. The minimum atomic E-state index is -0.510. The minimum Gasteiger partial charge on any atom is -0.497 e. The van der Waals surface area contributed by atoms with Gasteiger partial charge in [0.05, 0.1) is 107 Å². The molecular weight excluding hydrogens is 1710 g/mol. The number of fused-ring (bicyclic) bond motifs is 4. The molecule has 0 aliphatic carbocycles. The molecule has 3 amide bonds. The maximum absolute atomic E-state index is 13.5. The van der Waals surface area contributed by atoms with Crippen LogP contribution in [0.4, 0.5) is 5.69 Å². The first kappa shape index (κ1) is 94.7. The fraction of sp³-hybridized carbons (Fsp3) is 0.279. The fourth-order valence-electron chi connectivity index (χ4n) is 16.5. The molecular formula is C104H108ClN5O20S. The third-order valence-corrected chi connectivity index (χ3v) is 24.4. The number of methoxy groups -OCH3 is 11. The standard InChI is InChI=1S/C26H26ClNO5.C26H26N2O7.C26H27NO4S.C26H29NO4/c1-30-20-7-9-21(10-8-20)33-16-23-22-15-25(32-3)24(31-2)14-17(22)11-12-28(23)26(29)18-5-4-6-19(27)13-18;1-32-20-7-9-21(10-8-20)35-16-23-22-15-25(34-3)24(33-2)14-17(22)11-12-27(23)26(29)18-5-4-6-19(13-18)28(30)31;1-29-24-15-19-13-14-27(26(28)18-7-5-4-6-8-18)23(22(19)16-25(24)30-2)17-31-20-9-11-21(32-3)12-10-20;1-28-21-9-11-22(12-10-21)31-18-24-23-16-26(30-3)25(29-2)15-20(23)13-14-27(24)17-19-7-5-4-6-8-19/h4-10,13-15,23H,11-12,16H2,1-3H3;4-10,13-15,23H,11-12,16H2,1-3H3;4-12,15-16,23H,13-14,17H2,1-3H3;4-12,15-16,24H,13-14,17-18H2,1-3H3/t23-;;;/m1.../s1. The number of nitro benzene ring substituents is 1. The van der Waals surface area contributed by atoms with Crippen LogP contribution in [0.5, 0.6) is 86.2 Å². The number of carbonyl (C=O) groups is 3. The number of nitro groups is 1. The van der Waals surface area contributed by atoms with E-state index in [9.17, 15) is 24.5 Å². The molecule has 3 unspecified atom stereocenters. The quantitative estimate of drug-likeness (QED) is 0.0231. The molecule has 12 aromatic rings. The van der Waals surface area contributed by atoms with Crippen molar-refractivity contribution in [3.63, 3.8) is 0 Å². The van der Waals surface area contributed by atoms with Crippen molar-refractivity contribution in [1.29, 1.82) is 0 Å². The largest absolute Gasteiger partial charge is 0.497 e. The molecule has 682 valence electrons. The van der Waals surface area contributed by atoms with Crippen LogP contribution in [0.2, 0.25) is 5.02 Å². The SMILES string of the molecule is COc1cc2c(cc1OC)C(COc1ccc(SC)cc1)N(C(=O)c1ccccc1)CC2.COc1ccc(OCC2c3cc(OC)c(OC)cc3CCN2C(=O)c2cccc([N+](=O)[O-])c2)cc1.COc1ccc(OCC2c3cc(OC)c(OC)cc3CCN2Cc2ccccc2)cc1.COc1ccc(OC[C@@H]2c3cc(OC)c(OC)cc3CCN2C(=O)c2cccc(Cl)c2)cc1. The Morgan fingerprint density at radius 1 is 0.336 bits per heavy atom. The van der Waals surface area contributed by atoms with Crippen LogP contribution in [0.15, 0.2) is 260 Å². The van der Waals surface area contributed by atoms with Gasteiger partial charge in [-0.1, -0.05) is 72.3 Å². The molecule has 27 heteroatoms. The smallest absolute Gasteiger partial charge is 0.270 e. The third-order valence-electron chi connectivity index (χ3n) is 23.4. The van der Waals surface area contributed by atoms with Crippen LogP contribution >= 0.6 is 23.4 Å². The highest BCUT2D eigenvalue weighted by molar-refractivity contribution is 7.98. The van der Waals surface area contributed by atoms with Gasteiger partial charge in [-0.25, -0.2) is 0 Å². The van der Waals surface area contributed by atoms with Crippen LogP contribution in [0, 0.1) is 10.1 Å². The van der Waals surface area contributed by atoms with E-state index in [4.69, 9.17) is 82.7 Å². The summed E-state index contributed by atoms with van der Waals surface area (Å²) < 4.78 is 84.4. The molecule has 131 heavy (non-hydrogen) atoms. The van der Waals surface area contributed by atoms with Crippen molar-refractivity contribution in [2.24, 2.45) is 0 Å². The van der Waals surface area contributed by atoms with Gasteiger partial charge in [-0.15, -0.1) is 11.8 Å². The Morgan fingerprint density at radius 3 is 0.977 bits per heavy atom. The third kappa shape index (κ3) is 23.4. The lowest BCUT2D eigenvalue weighted by Gasteiger charge is -2.37. The lowest BCUT2D eigenvalue weighted by atomic mass is 9.91. The molecule has 16 rings (SSSR count). The summed E-state index contributed by atoms with van der Waals surface area (Å²) in [6.07, 6.45) is 5.04. The van der Waals surface area contributed by atoms with Crippen molar-refractivity contribution in [2.75, 3.05) is 137 Å². The molecule has 0 aromatic heterocycles. The lowest BCUT2D eigenvalue weighted by Crippen LogP contribution is -2.42. The van der Waals surface area contributed by atoms with E-state index in [0.717, 1.165) is 93.8 Å². The summed E-state index contributed by atoms with van der Waals surface area (Å²) in [5.74, 6) is 10.1. The maximum atomic E-state index is 13.5. The van der Waals surface area contributed by atoms with E-state index in [1.807, 2.05) is 156 Å². The van der Waals surface area contributed by atoms with E-state index in [1.165, 1.54) is 39.8 Å². The highest BCUT2D eigenvalue weighted by Crippen LogP contribution is 2.45. The van der Waals surface area contributed by atoms with Gasteiger partial charge in [-0.2, -0.15) is 0 Å². The zero-order valence-electron chi connectivity index (χ0n) is 75.4. The minimum absolute atomic E-state index is 0.00244. The zero-order chi connectivity index (χ0) is 92.5. The molecule has 0 fully saturated rings. The number of ether oxygens (including phenoxy) is 15. The zero-order valence-corrected chi connectivity index (χ0v) is 77.0. The number of hydrogen-bond acceptors (Lipinski definition) is 22. The Labute approximate surface area is 773 Å². The molecule has 0 radical (unpaired) electrons. The van der Waals surface area contributed by atoms with E-state index in [0.29, 0.717) is 114 Å². The summed E-state index contributed by atoms with van der Waals surface area (Å²) in [4.78, 5) is 60.3. The van der Waals surface area contributed by atoms with Crippen LogP contribution in [-0.4, -0.2) is 179 Å². The molecule has 0 saturated carbocycles. The normalized spacial score (nSPS) is 15.1. The molecule has 25 nitrogen and oxygen atoms in total. The van der Waals surface area contributed by atoms with Gasteiger partial charge in [0.1, 0.15) is 66.7 Å². The van der Waals surface area contributed by atoms with Crippen molar-refractivity contribution >= 4 is 46.8 Å². The molecule has 4 heterocycles. The maximum Gasteiger partial charge on any atom is 0.270 e. The summed E-state index contributed by atoms with van der Waals surface area (Å²) in [5, 5.41) is 11.8. The Morgan fingerprint density at radius 2 is 0.634 bits per heavy atom. The summed E-state index contributed by atoms with van der Waals surface area (Å²) in [6, 6.07) is 78.0. The van der Waals surface area contributed by atoms with E-state index < -0.39 is 11.0 Å². The summed E-state index contributed by atoms with van der Waals surface area (Å²) in [7, 11) is 17.9. The number of thioether (sulfide) groups is 1. The first-order chi connectivity index (χ1) is 63.8. The monoisotopic (exact) mass is 1810 g/mol. The molecule has 0 N–H and O–H groups in total. The van der Waals surface area contributed by atoms with Crippen LogP contribution in [0.3, 0.4) is 0 Å². The number of rotatable bonds is 30. The highest BCUT2D eigenvalue weighted by atomic mass is 35.5. The van der Waals surface area contributed by atoms with Crippen LogP contribution in [0.25, 0.3) is 0 Å². The van der Waals surface area contributed by atoms with Gasteiger partial charge < -0.3 is 85.8 Å². The van der Waals surface area contributed by atoms with Gasteiger partial charge in [0.2, 0.25) is 0 Å². The summed E-state index contributed by atoms with van der Waals surface area (Å²) >= 11 is 7.84. The average Bonchev–Trinajstić information content (AvgIpc) is 0.771. The van der Waals surface area contributed by atoms with Crippen LogP contribution in [-0.2, 0) is 32.2 Å². The van der Waals surface area contributed by atoms with Crippen molar-refractivity contribution in [1.82, 2.24) is 19.6 Å². The van der Waals surface area contributed by atoms with E-state index in [1.54, 1.807) is 149 Å². The van der Waals surface area contributed by atoms with Crippen molar-refractivity contribution in [3.8, 4) is 86.2 Å². The number of benzene rings is 12. The van der Waals surface area contributed by atoms with Gasteiger partial charge >= 0.3 is 0 Å². The first-order valence-electron chi connectivity index (χ1n) is 42.7. The second kappa shape index (κ2) is 45.8. The van der Waals surface area contributed by atoms with Crippen molar-refractivity contribution in [2.45, 2.75) is 61.3 Å². The van der Waals surface area contributed by atoms with Crippen LogP contribution < -0.4 is 71.1 Å². The number of halogens is 1. The fourth-order valence-corrected chi connectivity index (χ4v) is 17.1. The van der Waals surface area contributed by atoms with E-state index in [-0.39, 0.29) is 60.3 Å². The van der Waals surface area contributed by atoms with Gasteiger partial charge in [0.15, 0.2) is 46.0 Å². The van der Waals surface area contributed by atoms with E-state index in [2.05, 4.69) is 47.4 Å². The van der Waals surface area contributed by atoms with Gasteiger partial charge in [-0.3, -0.25) is 29.4 Å². The van der Waals surface area contributed by atoms with Crippen LogP contribution in [0.1, 0.15) is 105 Å². The molecule has 0 bridgehead atoms. The van der Waals surface area contributed by atoms with Gasteiger partial charge in [-0.05, 0) is 264 Å². The highest BCUT2D eigenvalue weighted by Gasteiger charge is 2.38. The topological polar surface area (TPSA) is 246 Å². The van der Waals surface area contributed by atoms with Crippen molar-refractivity contribution in [3.05, 3.63) is 337 Å². The van der Waals surface area contributed by atoms with Gasteiger partial charge in [0.25, 0.3) is 23.4 Å². The number of nitrogens with zero attached hydrogens (tertiary/aromatic N) is 5. The number of carbonyl (C=O) groups excluding carboxylic acids is 3. The Balaban J connectivity index is 0.000000149. The molecule has 4 aliphatic heterocycles. The van der Waals surface area contributed by atoms with Crippen molar-refractivity contribution < 1.29 is 90.4 Å². The predicted octanol–water partition coefficient (Wildman–Crippen LogP) is 19.8. The van der Waals surface area contributed by atoms with Gasteiger partial charge in [0, 0.05) is 71.5 Å².